The average molecular weight is 280 g/mol. The fourth-order valence-electron chi connectivity index (χ4n) is 2.58. The van der Waals surface area contributed by atoms with E-state index in [2.05, 4.69) is 15.3 Å². The number of urea groups is 1. The van der Waals surface area contributed by atoms with Crippen molar-refractivity contribution in [2.24, 2.45) is 0 Å². The average Bonchev–Trinajstić information content (AvgIpc) is 3.08. The molecule has 0 bridgehead atoms. The number of aromatic amines is 1. The molecule has 7 nitrogen and oxygen atoms in total. The molecule has 1 saturated heterocycles. The van der Waals surface area contributed by atoms with Gasteiger partial charge in [0.1, 0.15) is 6.04 Å². The number of aliphatic carboxylic acids is 1. The van der Waals surface area contributed by atoms with E-state index in [4.69, 9.17) is 0 Å². The third-order valence-corrected chi connectivity index (χ3v) is 3.68. The molecule has 2 rings (SSSR count). The van der Waals surface area contributed by atoms with Crippen LogP contribution in [-0.4, -0.2) is 50.6 Å². The number of nitrogens with one attached hydrogen (secondary N) is 2. The second-order valence-corrected chi connectivity index (χ2v) is 5.02. The first-order valence-corrected chi connectivity index (χ1v) is 6.89. The van der Waals surface area contributed by atoms with E-state index in [-0.39, 0.29) is 18.5 Å². The number of likely N-dealkylation sites (tertiary alicyclic amines) is 1. The van der Waals surface area contributed by atoms with Gasteiger partial charge >= 0.3 is 12.0 Å². The van der Waals surface area contributed by atoms with Crippen LogP contribution in [0.5, 0.6) is 0 Å². The summed E-state index contributed by atoms with van der Waals surface area (Å²) in [5, 5.41) is 11.8. The first-order chi connectivity index (χ1) is 9.61. The monoisotopic (exact) mass is 280 g/mol. The third kappa shape index (κ3) is 3.28. The topological polar surface area (TPSA) is 98.3 Å². The molecule has 2 heterocycles. The minimum absolute atomic E-state index is 0.200. The van der Waals surface area contributed by atoms with Crippen molar-refractivity contribution in [1.29, 1.82) is 0 Å². The molecule has 20 heavy (non-hydrogen) atoms. The van der Waals surface area contributed by atoms with Crippen molar-refractivity contribution in [3.05, 3.63) is 18.2 Å². The zero-order valence-electron chi connectivity index (χ0n) is 11.5. The summed E-state index contributed by atoms with van der Waals surface area (Å²) in [6.45, 7) is 2.73. The predicted molar refractivity (Wildman–Crippen MR) is 72.3 cm³/mol. The highest BCUT2D eigenvalue weighted by molar-refractivity contribution is 5.83. The molecule has 0 aromatic carbocycles. The molecule has 2 amide bonds. The largest absolute Gasteiger partial charge is 0.480 e. The Labute approximate surface area is 117 Å². The summed E-state index contributed by atoms with van der Waals surface area (Å²) in [4.78, 5) is 31.9. The normalized spacial score (nSPS) is 19.9. The molecular formula is C13H20N4O3. The van der Waals surface area contributed by atoms with Gasteiger partial charge in [0, 0.05) is 30.9 Å². The lowest BCUT2D eigenvalue weighted by Gasteiger charge is -2.25. The number of amides is 2. The summed E-state index contributed by atoms with van der Waals surface area (Å²) in [6, 6.07) is -1.01. The van der Waals surface area contributed by atoms with Gasteiger partial charge in [-0.05, 0) is 19.3 Å². The summed E-state index contributed by atoms with van der Waals surface area (Å²) >= 11 is 0. The highest BCUT2D eigenvalue weighted by atomic mass is 16.4. The minimum Gasteiger partial charge on any atom is -0.480 e. The molecule has 1 aromatic heterocycles. The first kappa shape index (κ1) is 14.4. The van der Waals surface area contributed by atoms with Crippen molar-refractivity contribution >= 4 is 12.0 Å². The van der Waals surface area contributed by atoms with Gasteiger partial charge in [0.05, 0.1) is 6.33 Å². The molecule has 1 fully saturated rings. The molecule has 1 aliphatic rings. The number of carbonyl (C=O) groups excluding carboxylic acids is 1. The second-order valence-electron chi connectivity index (χ2n) is 5.02. The highest BCUT2D eigenvalue weighted by Gasteiger charge is 2.30. The molecular weight excluding hydrogens is 260 g/mol. The van der Waals surface area contributed by atoms with Crippen molar-refractivity contribution in [3.8, 4) is 0 Å². The fourth-order valence-corrected chi connectivity index (χ4v) is 2.58. The lowest BCUT2D eigenvalue weighted by Crippen LogP contribution is -2.50. The molecule has 0 spiro atoms. The van der Waals surface area contributed by atoms with E-state index in [1.54, 1.807) is 11.1 Å². The predicted octanol–water partition coefficient (Wildman–Crippen LogP) is 0.989. The van der Waals surface area contributed by atoms with Gasteiger partial charge in [-0.1, -0.05) is 6.92 Å². The molecule has 0 saturated carbocycles. The van der Waals surface area contributed by atoms with Crippen molar-refractivity contribution in [3.63, 3.8) is 0 Å². The number of hydrogen-bond acceptors (Lipinski definition) is 3. The smallest absolute Gasteiger partial charge is 0.326 e. The molecule has 2 atom stereocenters. The van der Waals surface area contributed by atoms with E-state index >= 15 is 0 Å². The Morgan fingerprint density at radius 1 is 1.65 bits per heavy atom. The van der Waals surface area contributed by atoms with Gasteiger partial charge in [-0.25, -0.2) is 14.6 Å². The Bertz CT molecular complexity index is 460. The third-order valence-electron chi connectivity index (χ3n) is 3.68. The fraction of sp³-hybridized carbons (Fsp3) is 0.615. The lowest BCUT2D eigenvalue weighted by atomic mass is 10.1. The zero-order valence-corrected chi connectivity index (χ0v) is 11.5. The van der Waals surface area contributed by atoms with Crippen LogP contribution in [0.1, 0.15) is 31.9 Å². The van der Waals surface area contributed by atoms with E-state index in [0.717, 1.165) is 19.3 Å². The van der Waals surface area contributed by atoms with Crippen LogP contribution >= 0.6 is 0 Å². The first-order valence-electron chi connectivity index (χ1n) is 6.89. The van der Waals surface area contributed by atoms with Crippen molar-refractivity contribution in [1.82, 2.24) is 20.2 Å². The van der Waals surface area contributed by atoms with Crippen LogP contribution in [0.25, 0.3) is 0 Å². The molecule has 1 unspecified atom stereocenters. The Balaban J connectivity index is 1.97. The van der Waals surface area contributed by atoms with Crippen LogP contribution in [0.15, 0.2) is 12.5 Å². The van der Waals surface area contributed by atoms with Crippen LogP contribution < -0.4 is 5.32 Å². The molecule has 0 radical (unpaired) electrons. The van der Waals surface area contributed by atoms with Gasteiger partial charge < -0.3 is 20.3 Å². The van der Waals surface area contributed by atoms with Crippen LogP contribution in [0.4, 0.5) is 4.79 Å². The number of nitrogens with zero attached hydrogens (tertiary/aromatic N) is 2. The van der Waals surface area contributed by atoms with Gasteiger partial charge in [-0.2, -0.15) is 0 Å². The number of aromatic nitrogens is 2. The maximum Gasteiger partial charge on any atom is 0.326 e. The minimum atomic E-state index is -1.04. The Morgan fingerprint density at radius 2 is 2.45 bits per heavy atom. The number of carboxylic acid groups (broad SMARTS) is 1. The van der Waals surface area contributed by atoms with Crippen molar-refractivity contribution in [2.45, 2.75) is 44.7 Å². The van der Waals surface area contributed by atoms with Crippen LogP contribution in [-0.2, 0) is 11.2 Å². The molecule has 1 aliphatic heterocycles. The highest BCUT2D eigenvalue weighted by Crippen LogP contribution is 2.19. The van der Waals surface area contributed by atoms with Gasteiger partial charge in [0.2, 0.25) is 0 Å². The van der Waals surface area contributed by atoms with E-state index in [1.807, 2.05) is 6.92 Å². The maximum absolute atomic E-state index is 12.2. The van der Waals surface area contributed by atoms with Crippen LogP contribution in [0, 0.1) is 0 Å². The van der Waals surface area contributed by atoms with E-state index in [0.29, 0.717) is 12.2 Å². The number of H-pyrrole nitrogens is 1. The summed E-state index contributed by atoms with van der Waals surface area (Å²) in [7, 11) is 0. The van der Waals surface area contributed by atoms with Gasteiger partial charge in [0.25, 0.3) is 0 Å². The summed E-state index contributed by atoms with van der Waals surface area (Å²) in [5.74, 6) is -1.04. The Hall–Kier alpha value is -2.05. The number of hydrogen-bond donors (Lipinski definition) is 3. The lowest BCUT2D eigenvalue weighted by molar-refractivity contribution is -0.139. The zero-order chi connectivity index (χ0) is 14.5. The van der Waals surface area contributed by atoms with Crippen molar-refractivity contribution < 1.29 is 14.7 Å². The Morgan fingerprint density at radius 3 is 3.05 bits per heavy atom. The SMILES string of the molecule is CCC1CCCN1C(=O)N[C@H](Cc1cnc[nH]1)C(=O)O. The number of carbonyl (C=O) groups is 2. The summed E-state index contributed by atoms with van der Waals surface area (Å²) in [6.07, 6.45) is 6.11. The summed E-state index contributed by atoms with van der Waals surface area (Å²) < 4.78 is 0. The standard InChI is InChI=1S/C13H20N4O3/c1-2-10-4-3-5-17(10)13(20)16-11(12(18)19)6-9-7-14-8-15-9/h7-8,10-11H,2-6H2,1H3,(H,14,15)(H,16,20)(H,18,19)/t10?,11-/m1/s1. The number of imidazole rings is 1. The van der Waals surface area contributed by atoms with E-state index in [9.17, 15) is 14.7 Å². The molecule has 1 aromatic rings. The van der Waals surface area contributed by atoms with Gasteiger partial charge in [0.15, 0.2) is 0 Å². The second kappa shape index (κ2) is 6.40. The van der Waals surface area contributed by atoms with Crippen LogP contribution in [0.3, 0.4) is 0 Å². The van der Waals surface area contributed by atoms with Gasteiger partial charge in [-0.3, -0.25) is 0 Å². The number of rotatable bonds is 5. The molecule has 3 N–H and O–H groups in total. The number of carboxylic acids is 1. The van der Waals surface area contributed by atoms with Gasteiger partial charge in [-0.15, -0.1) is 0 Å². The van der Waals surface area contributed by atoms with E-state index < -0.39 is 12.0 Å². The van der Waals surface area contributed by atoms with Crippen LogP contribution in [0.2, 0.25) is 0 Å². The molecule has 0 aliphatic carbocycles. The summed E-state index contributed by atoms with van der Waals surface area (Å²) in [5.41, 5.74) is 0.686. The Kier molecular flexibility index (Phi) is 4.60. The molecule has 7 heteroatoms. The van der Waals surface area contributed by atoms with Crippen molar-refractivity contribution in [2.75, 3.05) is 6.54 Å². The maximum atomic E-state index is 12.2. The quantitative estimate of drug-likeness (QED) is 0.749. The van der Waals surface area contributed by atoms with E-state index in [1.165, 1.54) is 6.33 Å². The molecule has 110 valence electrons.